The van der Waals surface area contributed by atoms with Gasteiger partial charge in [0, 0.05) is 11.9 Å². The van der Waals surface area contributed by atoms with Gasteiger partial charge in [0.25, 0.3) is 0 Å². The molecule has 2 N–H and O–H groups in total. The van der Waals surface area contributed by atoms with Gasteiger partial charge in [-0.3, -0.25) is 0 Å². The number of halogens is 1. The van der Waals surface area contributed by atoms with Crippen LogP contribution in [0.4, 0.5) is 20.7 Å². The van der Waals surface area contributed by atoms with Crippen molar-refractivity contribution in [2.75, 3.05) is 5.32 Å². The predicted octanol–water partition coefficient (Wildman–Crippen LogP) is 3.15. The quantitative estimate of drug-likeness (QED) is 0.756. The molecule has 3 rings (SSSR count). The monoisotopic (exact) mass is 286 g/mol. The Bertz CT molecular complexity index is 844. The zero-order chi connectivity index (χ0) is 15.0. The van der Waals surface area contributed by atoms with Gasteiger partial charge < -0.3 is 10.4 Å². The Morgan fingerprint density at radius 1 is 1.33 bits per heavy atom. The number of carbonyl (C=O) groups is 1. The van der Waals surface area contributed by atoms with E-state index in [1.165, 1.54) is 24.7 Å². The zero-order valence-corrected chi connectivity index (χ0v) is 11.0. The van der Waals surface area contributed by atoms with E-state index in [0.717, 1.165) is 10.1 Å². The van der Waals surface area contributed by atoms with Gasteiger partial charge in [0.1, 0.15) is 18.0 Å². The lowest BCUT2D eigenvalue weighted by Gasteiger charge is -2.09. The van der Waals surface area contributed by atoms with Crippen LogP contribution in [0.3, 0.4) is 0 Å². The summed E-state index contributed by atoms with van der Waals surface area (Å²) in [5, 5.41) is 12.7. The second-order valence-electron chi connectivity index (χ2n) is 4.51. The lowest BCUT2D eigenvalue weighted by molar-refractivity contribution is 0.197. The van der Waals surface area contributed by atoms with Crippen molar-refractivity contribution in [2.45, 2.75) is 6.92 Å². The van der Waals surface area contributed by atoms with E-state index in [-0.39, 0.29) is 5.82 Å². The van der Waals surface area contributed by atoms with Crippen LogP contribution < -0.4 is 5.32 Å². The number of nitrogens with zero attached hydrogens (tertiary/aromatic N) is 3. The van der Waals surface area contributed by atoms with Gasteiger partial charge in [0.05, 0.1) is 5.39 Å². The summed E-state index contributed by atoms with van der Waals surface area (Å²) < 4.78 is 14.1. The summed E-state index contributed by atoms with van der Waals surface area (Å²) in [5.41, 5.74) is 1.71. The fourth-order valence-corrected chi connectivity index (χ4v) is 2.10. The summed E-state index contributed by atoms with van der Waals surface area (Å²) in [6.07, 6.45) is 1.57. The van der Waals surface area contributed by atoms with Gasteiger partial charge >= 0.3 is 6.09 Å². The smallest absolute Gasteiger partial charge is 0.417 e. The van der Waals surface area contributed by atoms with Crippen molar-refractivity contribution < 1.29 is 14.3 Å². The molecule has 0 saturated heterocycles. The molecule has 0 fully saturated rings. The molecule has 0 aliphatic rings. The number of fused-ring (bicyclic) bond motifs is 1. The first-order valence-corrected chi connectivity index (χ1v) is 6.15. The molecule has 0 spiro atoms. The molecule has 7 heteroatoms. The second kappa shape index (κ2) is 4.86. The third-order valence-corrected chi connectivity index (χ3v) is 3.13. The third kappa shape index (κ3) is 2.29. The number of anilines is 2. The molecular weight excluding hydrogens is 275 g/mol. The van der Waals surface area contributed by atoms with Crippen LogP contribution in [0.15, 0.2) is 36.8 Å². The van der Waals surface area contributed by atoms with Crippen LogP contribution in [0.2, 0.25) is 0 Å². The average Bonchev–Trinajstić information content (AvgIpc) is 2.87. The Morgan fingerprint density at radius 2 is 2.14 bits per heavy atom. The van der Waals surface area contributed by atoms with E-state index in [1.807, 2.05) is 0 Å². The Kier molecular flexibility index (Phi) is 3.02. The molecule has 0 unspecified atom stereocenters. The lowest BCUT2D eigenvalue weighted by atomic mass is 10.2. The van der Waals surface area contributed by atoms with Crippen LogP contribution in [0.25, 0.3) is 11.0 Å². The number of aryl methyl sites for hydroxylation is 1. The second-order valence-corrected chi connectivity index (χ2v) is 4.51. The molecule has 0 atom stereocenters. The van der Waals surface area contributed by atoms with Crippen LogP contribution in [-0.2, 0) is 0 Å². The number of carboxylic acid groups (broad SMARTS) is 1. The van der Waals surface area contributed by atoms with E-state index in [2.05, 4.69) is 15.3 Å². The largest absolute Gasteiger partial charge is 0.464 e. The minimum Gasteiger partial charge on any atom is -0.464 e. The molecule has 0 bridgehead atoms. The molecule has 1 aromatic carbocycles. The van der Waals surface area contributed by atoms with Crippen LogP contribution in [0.1, 0.15) is 5.56 Å². The maximum Gasteiger partial charge on any atom is 0.417 e. The first kappa shape index (κ1) is 13.0. The predicted molar refractivity (Wildman–Crippen MR) is 75.4 cm³/mol. The summed E-state index contributed by atoms with van der Waals surface area (Å²) in [6, 6.07) is 5.97. The Hall–Kier alpha value is -2.96. The van der Waals surface area contributed by atoms with E-state index in [4.69, 9.17) is 5.11 Å². The molecule has 106 valence electrons. The summed E-state index contributed by atoms with van der Waals surface area (Å²) in [7, 11) is 0. The number of hydrogen-bond acceptors (Lipinski definition) is 4. The molecule has 21 heavy (non-hydrogen) atoms. The van der Waals surface area contributed by atoms with Gasteiger partial charge in [-0.1, -0.05) is 0 Å². The highest BCUT2D eigenvalue weighted by Crippen LogP contribution is 2.25. The van der Waals surface area contributed by atoms with Gasteiger partial charge in [-0.25, -0.2) is 23.7 Å². The van der Waals surface area contributed by atoms with Gasteiger partial charge in [-0.2, -0.15) is 0 Å². The standard InChI is InChI=1S/C14H11FN4O2/c1-8-6-9(15)2-3-11(8)18-12-10-4-5-19(14(20)21)13(10)17-7-16-12/h2-7H,1H3,(H,20,21)(H,16,17,18). The molecule has 2 heterocycles. The van der Waals surface area contributed by atoms with Gasteiger partial charge in [-0.15, -0.1) is 0 Å². The van der Waals surface area contributed by atoms with Crippen molar-refractivity contribution in [1.82, 2.24) is 14.5 Å². The van der Waals surface area contributed by atoms with Crippen LogP contribution >= 0.6 is 0 Å². The summed E-state index contributed by atoms with van der Waals surface area (Å²) in [4.78, 5) is 19.2. The molecule has 0 aliphatic heterocycles. The zero-order valence-electron chi connectivity index (χ0n) is 11.0. The number of benzene rings is 1. The molecule has 2 aromatic heterocycles. The molecular formula is C14H11FN4O2. The number of aromatic nitrogens is 3. The van der Waals surface area contributed by atoms with Crippen molar-refractivity contribution >= 4 is 28.6 Å². The molecule has 0 amide bonds. The van der Waals surface area contributed by atoms with Crippen LogP contribution in [0, 0.1) is 12.7 Å². The SMILES string of the molecule is Cc1cc(F)ccc1Nc1ncnc2c1ccn2C(=O)O. The molecule has 3 aromatic rings. The maximum absolute atomic E-state index is 13.1. The number of hydrogen-bond donors (Lipinski definition) is 2. The van der Waals surface area contributed by atoms with E-state index in [9.17, 15) is 9.18 Å². The highest BCUT2D eigenvalue weighted by molar-refractivity contribution is 5.94. The normalized spacial score (nSPS) is 10.8. The van der Waals surface area contributed by atoms with Crippen molar-refractivity contribution in [3.05, 3.63) is 48.2 Å². The van der Waals surface area contributed by atoms with Crippen LogP contribution in [-0.4, -0.2) is 25.7 Å². The van der Waals surface area contributed by atoms with Crippen molar-refractivity contribution in [3.8, 4) is 0 Å². The molecule has 0 radical (unpaired) electrons. The molecule has 6 nitrogen and oxygen atoms in total. The fourth-order valence-electron chi connectivity index (χ4n) is 2.10. The van der Waals surface area contributed by atoms with Crippen molar-refractivity contribution in [1.29, 1.82) is 0 Å². The van der Waals surface area contributed by atoms with Gasteiger partial charge in [0.15, 0.2) is 5.65 Å². The van der Waals surface area contributed by atoms with Gasteiger partial charge in [0.2, 0.25) is 0 Å². The summed E-state index contributed by atoms with van der Waals surface area (Å²) in [5.74, 6) is 0.151. The Morgan fingerprint density at radius 3 is 2.86 bits per heavy atom. The minimum atomic E-state index is -1.12. The number of nitrogens with one attached hydrogen (secondary N) is 1. The van der Waals surface area contributed by atoms with E-state index < -0.39 is 6.09 Å². The maximum atomic E-state index is 13.1. The number of rotatable bonds is 2. The summed E-state index contributed by atoms with van der Waals surface area (Å²) >= 11 is 0. The van der Waals surface area contributed by atoms with Crippen LogP contribution in [0.5, 0.6) is 0 Å². The van der Waals surface area contributed by atoms with Gasteiger partial charge in [-0.05, 0) is 36.8 Å². The summed E-state index contributed by atoms with van der Waals surface area (Å²) in [6.45, 7) is 1.77. The topological polar surface area (TPSA) is 80.0 Å². The highest BCUT2D eigenvalue weighted by Gasteiger charge is 2.12. The average molecular weight is 286 g/mol. The van der Waals surface area contributed by atoms with E-state index in [1.54, 1.807) is 19.1 Å². The highest BCUT2D eigenvalue weighted by atomic mass is 19.1. The molecule has 0 aliphatic carbocycles. The van der Waals surface area contributed by atoms with E-state index in [0.29, 0.717) is 22.5 Å². The Labute approximate surface area is 118 Å². The van der Waals surface area contributed by atoms with Crippen molar-refractivity contribution in [3.63, 3.8) is 0 Å². The first-order valence-electron chi connectivity index (χ1n) is 6.15. The lowest BCUT2D eigenvalue weighted by Crippen LogP contribution is -2.07. The minimum absolute atomic E-state index is 0.291. The fraction of sp³-hybridized carbons (Fsp3) is 0.0714. The van der Waals surface area contributed by atoms with E-state index >= 15 is 0 Å². The molecule has 0 saturated carbocycles. The first-order chi connectivity index (χ1) is 10.1. The van der Waals surface area contributed by atoms with Crippen molar-refractivity contribution in [2.24, 2.45) is 0 Å². The third-order valence-electron chi connectivity index (χ3n) is 3.13. The Balaban J connectivity index is 2.07.